The monoisotopic (exact) mass is 340 g/mol. The Balaban J connectivity index is 2.07. The summed E-state index contributed by atoms with van der Waals surface area (Å²) in [6, 6.07) is 0. The van der Waals surface area contributed by atoms with Crippen LogP contribution in [0.5, 0.6) is 17.2 Å². The second kappa shape index (κ2) is 4.97. The minimum Gasteiger partial charge on any atom is -0.507 e. The van der Waals surface area contributed by atoms with Gasteiger partial charge in [-0.05, 0) is 42.6 Å². The minimum absolute atomic E-state index is 0.0593. The van der Waals surface area contributed by atoms with Crippen LogP contribution in [0, 0.1) is 0 Å². The van der Waals surface area contributed by atoms with E-state index in [-0.39, 0.29) is 34.5 Å². The number of fused-ring (bicyclic) bond motifs is 4. The summed E-state index contributed by atoms with van der Waals surface area (Å²) in [7, 11) is 0. The van der Waals surface area contributed by atoms with Gasteiger partial charge in [0.25, 0.3) is 0 Å². The number of benzene rings is 1. The van der Waals surface area contributed by atoms with E-state index in [4.69, 9.17) is 4.74 Å². The number of hydrogen-bond donors (Lipinski definition) is 2. The quantitative estimate of drug-likeness (QED) is 0.605. The number of aromatic hydroxyl groups is 2. The van der Waals surface area contributed by atoms with E-state index in [0.29, 0.717) is 36.1 Å². The lowest BCUT2D eigenvalue weighted by Gasteiger charge is -2.41. The van der Waals surface area contributed by atoms with Crippen molar-refractivity contribution in [2.45, 2.75) is 44.9 Å². The van der Waals surface area contributed by atoms with Crippen LogP contribution in [0.25, 0.3) is 0 Å². The van der Waals surface area contributed by atoms with Gasteiger partial charge in [-0.3, -0.25) is 9.59 Å². The maximum atomic E-state index is 12.8. The van der Waals surface area contributed by atoms with Gasteiger partial charge in [-0.2, -0.15) is 0 Å². The van der Waals surface area contributed by atoms with Crippen LogP contribution in [0.1, 0.15) is 61.0 Å². The number of carbonyl (C=O) groups excluding carboxylic acids is 2. The number of allylic oxidation sites excluding steroid dienone is 4. The summed E-state index contributed by atoms with van der Waals surface area (Å²) >= 11 is 0. The molecule has 0 spiro atoms. The van der Waals surface area contributed by atoms with E-state index in [0.717, 1.165) is 17.4 Å². The first-order valence-electron chi connectivity index (χ1n) is 8.48. The van der Waals surface area contributed by atoms with Crippen LogP contribution in [-0.2, 0) is 10.2 Å². The van der Waals surface area contributed by atoms with Crippen LogP contribution in [-0.4, -0.2) is 28.9 Å². The highest BCUT2D eigenvalue weighted by Crippen LogP contribution is 2.59. The highest BCUT2D eigenvalue weighted by Gasteiger charge is 2.47. The van der Waals surface area contributed by atoms with Crippen LogP contribution in [0.4, 0.5) is 0 Å². The molecule has 1 aliphatic heterocycles. The summed E-state index contributed by atoms with van der Waals surface area (Å²) < 4.78 is 5.61. The minimum atomic E-state index is -0.647. The van der Waals surface area contributed by atoms with Gasteiger partial charge in [0.2, 0.25) is 0 Å². The van der Waals surface area contributed by atoms with Crippen molar-refractivity contribution in [3.8, 4) is 17.2 Å². The molecule has 5 heteroatoms. The van der Waals surface area contributed by atoms with Crippen molar-refractivity contribution in [2.75, 3.05) is 6.61 Å². The van der Waals surface area contributed by atoms with Gasteiger partial charge in [0.1, 0.15) is 12.0 Å². The van der Waals surface area contributed by atoms with E-state index in [1.165, 1.54) is 6.08 Å². The summed E-state index contributed by atoms with van der Waals surface area (Å²) in [5, 5.41) is 21.7. The van der Waals surface area contributed by atoms with Crippen molar-refractivity contribution >= 4 is 12.1 Å². The smallest absolute Gasteiger partial charge is 0.190 e. The normalized spacial score (nSPS) is 27.2. The molecule has 2 aliphatic carbocycles. The Kier molecular flexibility index (Phi) is 3.17. The Morgan fingerprint density at radius 2 is 2.04 bits per heavy atom. The Morgan fingerprint density at radius 3 is 2.72 bits per heavy atom. The third-order valence-corrected chi connectivity index (χ3v) is 6.00. The molecule has 0 bridgehead atoms. The number of aldehydes is 1. The first-order valence-corrected chi connectivity index (χ1v) is 8.48. The zero-order chi connectivity index (χ0) is 18.1. The number of hydrogen-bond acceptors (Lipinski definition) is 5. The number of phenolic OH excluding ortho intramolecular Hbond substituents is 2. The van der Waals surface area contributed by atoms with Crippen LogP contribution in [0.15, 0.2) is 22.8 Å². The first kappa shape index (κ1) is 15.9. The Morgan fingerprint density at radius 1 is 1.32 bits per heavy atom. The molecule has 0 saturated heterocycles. The molecular weight excluding hydrogens is 320 g/mol. The van der Waals surface area contributed by atoms with Gasteiger partial charge >= 0.3 is 0 Å². The van der Waals surface area contributed by atoms with E-state index in [1.54, 1.807) is 0 Å². The highest BCUT2D eigenvalue weighted by molar-refractivity contribution is 6.12. The van der Waals surface area contributed by atoms with E-state index in [9.17, 15) is 19.8 Å². The molecule has 1 aromatic rings. The highest BCUT2D eigenvalue weighted by atomic mass is 16.5. The number of ketones is 1. The number of ether oxygens (including phenoxy) is 1. The van der Waals surface area contributed by atoms with E-state index >= 15 is 0 Å². The average molecular weight is 340 g/mol. The molecule has 2 atom stereocenters. The molecule has 25 heavy (non-hydrogen) atoms. The summed E-state index contributed by atoms with van der Waals surface area (Å²) in [5.41, 5.74) is 2.63. The van der Waals surface area contributed by atoms with Gasteiger partial charge in [0, 0.05) is 22.5 Å². The standard InChI is InChI=1S/C20H20O5/c1-9-8-25-19-14(9)17(23)15-13(22)6-12-10(2)11(7-21)4-5-20(12,3)16(15)18(19)24/h6-7,9,23-24H,4-5,8H2,1-3H3. The van der Waals surface area contributed by atoms with Gasteiger partial charge in [0.15, 0.2) is 17.3 Å². The Labute approximate surface area is 145 Å². The largest absolute Gasteiger partial charge is 0.507 e. The second-order valence-electron chi connectivity index (χ2n) is 7.42. The molecule has 0 fully saturated rings. The van der Waals surface area contributed by atoms with Crippen LogP contribution in [0.2, 0.25) is 0 Å². The maximum Gasteiger partial charge on any atom is 0.190 e. The molecule has 0 radical (unpaired) electrons. The van der Waals surface area contributed by atoms with E-state index < -0.39 is 5.41 Å². The maximum absolute atomic E-state index is 12.8. The van der Waals surface area contributed by atoms with E-state index in [1.807, 2.05) is 20.8 Å². The predicted molar refractivity (Wildman–Crippen MR) is 91.4 cm³/mol. The third kappa shape index (κ3) is 1.84. The number of phenols is 2. The molecule has 4 rings (SSSR count). The molecule has 2 unspecified atom stereocenters. The fourth-order valence-corrected chi connectivity index (χ4v) is 4.56. The third-order valence-electron chi connectivity index (χ3n) is 6.00. The molecule has 0 amide bonds. The van der Waals surface area contributed by atoms with Gasteiger partial charge < -0.3 is 14.9 Å². The van der Waals surface area contributed by atoms with Crippen molar-refractivity contribution in [1.29, 1.82) is 0 Å². The molecule has 0 aromatic heterocycles. The van der Waals surface area contributed by atoms with E-state index in [2.05, 4.69) is 0 Å². The summed E-state index contributed by atoms with van der Waals surface area (Å²) in [6.07, 6.45) is 3.48. The van der Waals surface area contributed by atoms with Gasteiger partial charge in [-0.15, -0.1) is 0 Å². The molecule has 1 heterocycles. The Bertz CT molecular complexity index is 905. The van der Waals surface area contributed by atoms with Crippen molar-refractivity contribution in [1.82, 2.24) is 0 Å². The number of carbonyl (C=O) groups is 2. The van der Waals surface area contributed by atoms with Crippen molar-refractivity contribution < 1.29 is 24.5 Å². The fourth-order valence-electron chi connectivity index (χ4n) is 4.56. The van der Waals surface area contributed by atoms with Gasteiger partial charge in [-0.25, -0.2) is 0 Å². The first-order chi connectivity index (χ1) is 11.8. The SMILES string of the molecule is CC1=C(C=O)CCC2(C)C1=CC(=O)c1c(O)c3c(c(O)c12)OCC3C. The predicted octanol–water partition coefficient (Wildman–Crippen LogP) is 3.28. The molecule has 3 aliphatic rings. The lowest BCUT2D eigenvalue weighted by atomic mass is 9.61. The van der Waals surface area contributed by atoms with Crippen LogP contribution in [0.3, 0.4) is 0 Å². The molecular formula is C20H20O5. The van der Waals surface area contributed by atoms with Gasteiger partial charge in [0.05, 0.1) is 12.2 Å². The molecule has 2 N–H and O–H groups in total. The summed E-state index contributed by atoms with van der Waals surface area (Å²) in [4.78, 5) is 24.1. The Hall–Kier alpha value is -2.56. The molecule has 130 valence electrons. The lowest BCUT2D eigenvalue weighted by molar-refractivity contribution is -0.105. The van der Waals surface area contributed by atoms with Gasteiger partial charge in [-0.1, -0.05) is 13.8 Å². The fraction of sp³-hybridized carbons (Fsp3) is 0.400. The topological polar surface area (TPSA) is 83.8 Å². The zero-order valence-corrected chi connectivity index (χ0v) is 14.5. The average Bonchev–Trinajstić information content (AvgIpc) is 2.96. The summed E-state index contributed by atoms with van der Waals surface area (Å²) in [5.74, 6) is -0.301. The molecule has 5 nitrogen and oxygen atoms in total. The molecule has 0 saturated carbocycles. The van der Waals surface area contributed by atoms with Crippen LogP contribution < -0.4 is 4.74 Å². The van der Waals surface area contributed by atoms with Crippen molar-refractivity contribution in [2.24, 2.45) is 0 Å². The number of rotatable bonds is 1. The second-order valence-corrected chi connectivity index (χ2v) is 7.42. The summed E-state index contributed by atoms with van der Waals surface area (Å²) in [6.45, 7) is 6.02. The zero-order valence-electron chi connectivity index (χ0n) is 14.5. The molecule has 1 aromatic carbocycles. The van der Waals surface area contributed by atoms with Crippen molar-refractivity contribution in [3.05, 3.63) is 39.5 Å². The lowest BCUT2D eigenvalue weighted by Crippen LogP contribution is -2.35. The van der Waals surface area contributed by atoms with Crippen LogP contribution >= 0.6 is 0 Å². The van der Waals surface area contributed by atoms with Crippen molar-refractivity contribution in [3.63, 3.8) is 0 Å².